The second-order valence-electron chi connectivity index (χ2n) is 19.7. The smallest absolute Gasteiger partial charge is 0.326 e. The standard InChI is InChI=1S/C50H82N10O14S2/c1-10-29(8)41(50(73)74)59-38(62)23-52-43(66)36(22-30-14-12-11-13-15-30)57-49(72)40(28(6)7)60-47(70)35(21-27(4)5)56-46(69)34(20-26(2)3)55-45(68)33(18-19-76-9)54-48(71)37(25-75)58-44(67)32(16-17-39(63)64)53-42(65)31(51)24-61/h11-15,26-29,31-37,40-41,61,75H,10,16-25,51H2,1-9H3,(H,52,66)(H,53,65)(H,54,71)(H,55,68)(H,56,69)(H,57,72)(H,58,67)(H,59,62)(H,60,70)(H,63,64)(H,73,74)/t29-,31-,32-,33-,34-,35-,36-,37-,40-,41-/m0/s1. The second-order valence-corrected chi connectivity index (χ2v) is 21.1. The number of nitrogens with two attached hydrogens (primary N) is 1. The topological polar surface area (TPSA) is 383 Å². The molecular formula is C50H82N10O14S2. The lowest BCUT2D eigenvalue weighted by atomic mass is 9.98. The van der Waals surface area contributed by atoms with Crippen molar-refractivity contribution in [2.75, 3.05) is 30.9 Å². The molecular weight excluding hydrogens is 1030 g/mol. The number of rotatable bonds is 36. The molecule has 0 aromatic heterocycles. The molecule has 0 bridgehead atoms. The van der Waals surface area contributed by atoms with E-state index in [0.717, 1.165) is 0 Å². The number of benzene rings is 1. The third-order valence-corrected chi connectivity index (χ3v) is 12.9. The molecule has 0 aliphatic carbocycles. The molecule has 76 heavy (non-hydrogen) atoms. The van der Waals surface area contributed by atoms with Gasteiger partial charge in [-0.1, -0.05) is 92.1 Å². The van der Waals surface area contributed by atoms with Gasteiger partial charge in [-0.2, -0.15) is 24.4 Å². The molecule has 0 fully saturated rings. The van der Waals surface area contributed by atoms with E-state index in [9.17, 15) is 68.1 Å². The van der Waals surface area contributed by atoms with Crippen LogP contribution in [0.4, 0.5) is 0 Å². The maximum Gasteiger partial charge on any atom is 0.326 e. The molecule has 0 aliphatic heterocycles. The van der Waals surface area contributed by atoms with Gasteiger partial charge in [0.1, 0.15) is 54.4 Å². The van der Waals surface area contributed by atoms with Crippen LogP contribution in [0.2, 0.25) is 0 Å². The van der Waals surface area contributed by atoms with Crippen LogP contribution in [0.25, 0.3) is 0 Å². The van der Waals surface area contributed by atoms with Crippen LogP contribution in [0.1, 0.15) is 99.5 Å². The summed E-state index contributed by atoms with van der Waals surface area (Å²) in [5.41, 5.74) is 6.21. The summed E-state index contributed by atoms with van der Waals surface area (Å²) in [6.45, 7) is 12.6. The zero-order valence-electron chi connectivity index (χ0n) is 44.9. The molecule has 10 atom stereocenters. The van der Waals surface area contributed by atoms with Crippen molar-refractivity contribution in [2.24, 2.45) is 29.4 Å². The van der Waals surface area contributed by atoms with Gasteiger partial charge in [0.25, 0.3) is 0 Å². The molecule has 0 saturated carbocycles. The molecule has 1 aromatic carbocycles. The third kappa shape index (κ3) is 25.2. The minimum Gasteiger partial charge on any atom is -0.481 e. The first-order valence-electron chi connectivity index (χ1n) is 25.3. The maximum absolute atomic E-state index is 14.2. The highest BCUT2D eigenvalue weighted by atomic mass is 32.2. The third-order valence-electron chi connectivity index (χ3n) is 11.9. The van der Waals surface area contributed by atoms with Gasteiger partial charge in [-0.05, 0) is 66.9 Å². The lowest BCUT2D eigenvalue weighted by molar-refractivity contribution is -0.143. The Morgan fingerprint density at radius 3 is 1.54 bits per heavy atom. The number of amides is 9. The molecule has 14 N–H and O–H groups in total. The van der Waals surface area contributed by atoms with Crippen LogP contribution in [0.15, 0.2) is 30.3 Å². The number of carboxylic acid groups (broad SMARTS) is 2. The van der Waals surface area contributed by atoms with Crippen LogP contribution < -0.4 is 53.6 Å². The van der Waals surface area contributed by atoms with E-state index in [1.54, 1.807) is 78.1 Å². The van der Waals surface area contributed by atoms with Gasteiger partial charge in [0.2, 0.25) is 53.2 Å². The number of hydrogen-bond acceptors (Lipinski definition) is 15. The largest absolute Gasteiger partial charge is 0.481 e. The van der Waals surface area contributed by atoms with Crippen molar-refractivity contribution in [3.05, 3.63) is 35.9 Å². The number of aliphatic hydroxyl groups excluding tert-OH is 1. The summed E-state index contributed by atoms with van der Waals surface area (Å²) < 4.78 is 0. The number of aliphatic carboxylic acids is 2. The van der Waals surface area contributed by atoms with Crippen molar-refractivity contribution < 1.29 is 68.1 Å². The molecule has 24 nitrogen and oxygen atoms in total. The number of carboxylic acids is 2. The van der Waals surface area contributed by atoms with Crippen molar-refractivity contribution in [3.8, 4) is 0 Å². The Morgan fingerprint density at radius 1 is 0.592 bits per heavy atom. The lowest BCUT2D eigenvalue weighted by Crippen LogP contribution is -2.61. The quantitative estimate of drug-likeness (QED) is 0.0357. The van der Waals surface area contributed by atoms with Crippen molar-refractivity contribution in [2.45, 2.75) is 155 Å². The molecule has 9 amide bonds. The van der Waals surface area contributed by atoms with Gasteiger partial charge in [-0.3, -0.25) is 47.9 Å². The average molecular weight is 1110 g/mol. The van der Waals surface area contributed by atoms with Gasteiger partial charge in [-0.15, -0.1) is 0 Å². The summed E-state index contributed by atoms with van der Waals surface area (Å²) in [6.07, 6.45) is 1.50. The minimum absolute atomic E-state index is 0.0211. The first kappa shape index (κ1) is 68.0. The Labute approximate surface area is 454 Å². The lowest BCUT2D eigenvalue weighted by Gasteiger charge is -2.29. The number of carbonyl (C=O) groups is 11. The highest BCUT2D eigenvalue weighted by Crippen LogP contribution is 2.14. The normalized spacial score (nSPS) is 15.2. The molecule has 0 radical (unpaired) electrons. The Balaban J connectivity index is 3.38. The van der Waals surface area contributed by atoms with Crippen LogP contribution >= 0.6 is 24.4 Å². The van der Waals surface area contributed by atoms with Gasteiger partial charge < -0.3 is 68.9 Å². The van der Waals surface area contributed by atoms with E-state index in [1.165, 1.54) is 11.8 Å². The molecule has 428 valence electrons. The number of thioether (sulfide) groups is 1. The van der Waals surface area contributed by atoms with Crippen LogP contribution in [-0.2, 0) is 59.2 Å². The molecule has 0 saturated heterocycles. The zero-order valence-corrected chi connectivity index (χ0v) is 46.6. The summed E-state index contributed by atoms with van der Waals surface area (Å²) in [5, 5.41) is 51.2. The van der Waals surface area contributed by atoms with Gasteiger partial charge in [-0.25, -0.2) is 4.79 Å². The molecule has 0 unspecified atom stereocenters. The molecule has 26 heteroatoms. The highest BCUT2D eigenvalue weighted by molar-refractivity contribution is 7.98. The molecule has 0 spiro atoms. The summed E-state index contributed by atoms with van der Waals surface area (Å²) in [4.78, 5) is 145. The molecule has 0 aliphatic rings. The molecule has 1 rings (SSSR count). The van der Waals surface area contributed by atoms with E-state index in [-0.39, 0.29) is 43.3 Å². The van der Waals surface area contributed by atoms with Crippen molar-refractivity contribution >= 4 is 89.5 Å². The van der Waals surface area contributed by atoms with Crippen LogP contribution in [0.3, 0.4) is 0 Å². The van der Waals surface area contributed by atoms with Crippen molar-refractivity contribution in [3.63, 3.8) is 0 Å². The maximum atomic E-state index is 14.2. The van der Waals surface area contributed by atoms with E-state index in [2.05, 4.69) is 60.5 Å². The number of aliphatic hydroxyl groups is 1. The Kier molecular flexibility index (Phi) is 31.6. The summed E-state index contributed by atoms with van der Waals surface area (Å²) >= 11 is 5.55. The SMILES string of the molecule is CC[C@H](C)[C@H](NC(=O)CNC(=O)[C@H](Cc1ccccc1)NC(=O)[C@@H](NC(=O)[C@H](CC(C)C)NC(=O)[C@H](CC(C)C)NC(=O)[C@H](CCSC)NC(=O)[C@H](CS)NC(=O)[C@H](CCC(=O)O)NC(=O)[C@@H](N)CO)C(C)C)C(=O)O. The fourth-order valence-corrected chi connectivity index (χ4v) is 8.13. The number of nitrogens with one attached hydrogen (secondary N) is 9. The molecule has 1 aromatic rings. The van der Waals surface area contributed by atoms with E-state index < -0.39 is 157 Å². The minimum atomic E-state index is -1.47. The van der Waals surface area contributed by atoms with Gasteiger partial charge in [0, 0.05) is 18.6 Å². The number of carbonyl (C=O) groups excluding carboxylic acids is 9. The van der Waals surface area contributed by atoms with E-state index in [0.29, 0.717) is 17.7 Å². The monoisotopic (exact) mass is 1110 g/mol. The first-order chi connectivity index (χ1) is 35.7. The Morgan fingerprint density at radius 2 is 1.07 bits per heavy atom. The number of thiol groups is 1. The highest BCUT2D eigenvalue weighted by Gasteiger charge is 2.36. The van der Waals surface area contributed by atoms with Gasteiger partial charge >= 0.3 is 11.9 Å². The Bertz CT molecular complexity index is 2100. The van der Waals surface area contributed by atoms with Crippen molar-refractivity contribution in [1.82, 2.24) is 47.9 Å². The van der Waals surface area contributed by atoms with Crippen molar-refractivity contribution in [1.29, 1.82) is 0 Å². The zero-order chi connectivity index (χ0) is 57.8. The fraction of sp³-hybridized carbons (Fsp3) is 0.660. The second kappa shape index (κ2) is 35.4. The van der Waals surface area contributed by atoms with Crippen LogP contribution in [0.5, 0.6) is 0 Å². The molecule has 0 heterocycles. The Hall–Kier alpha value is -5.99. The summed E-state index contributed by atoms with van der Waals surface area (Å²) in [7, 11) is 0. The summed E-state index contributed by atoms with van der Waals surface area (Å²) in [5.74, 6) is -11.1. The van der Waals surface area contributed by atoms with Crippen LogP contribution in [-0.4, -0.2) is 166 Å². The van der Waals surface area contributed by atoms with Gasteiger partial charge in [0.15, 0.2) is 0 Å². The van der Waals surface area contributed by atoms with E-state index in [4.69, 9.17) is 5.73 Å². The summed E-state index contributed by atoms with van der Waals surface area (Å²) in [6, 6.07) is -3.06. The first-order valence-corrected chi connectivity index (χ1v) is 27.4. The van der Waals surface area contributed by atoms with E-state index >= 15 is 0 Å². The van der Waals surface area contributed by atoms with Crippen LogP contribution in [0, 0.1) is 23.7 Å². The predicted molar refractivity (Wildman–Crippen MR) is 288 cm³/mol. The fourth-order valence-electron chi connectivity index (χ4n) is 7.40. The van der Waals surface area contributed by atoms with Gasteiger partial charge in [0.05, 0.1) is 13.2 Å². The predicted octanol–water partition coefficient (Wildman–Crippen LogP) is -1.03. The average Bonchev–Trinajstić information content (AvgIpc) is 3.36. The van der Waals surface area contributed by atoms with E-state index in [1.807, 2.05) is 13.8 Å². The number of hydrogen-bond donors (Lipinski definition) is 14.